The second-order valence-electron chi connectivity index (χ2n) is 3.97. The van der Waals surface area contributed by atoms with Gasteiger partial charge in [-0.3, -0.25) is 0 Å². The molecular formula is C10H21NO. The summed E-state index contributed by atoms with van der Waals surface area (Å²) in [5, 5.41) is 12.9. The molecule has 2 heteroatoms. The van der Waals surface area contributed by atoms with Crippen LogP contribution in [0.1, 0.15) is 34.1 Å². The minimum Gasteiger partial charge on any atom is -0.389 e. The quantitative estimate of drug-likeness (QED) is 0.617. The highest BCUT2D eigenvalue weighted by Crippen LogP contribution is 2.08. The first-order valence-electron chi connectivity index (χ1n) is 4.47. The van der Waals surface area contributed by atoms with Crippen molar-refractivity contribution >= 4 is 0 Å². The van der Waals surface area contributed by atoms with Gasteiger partial charge in [0, 0.05) is 12.1 Å². The molecule has 0 amide bonds. The molecule has 0 fully saturated rings. The third kappa shape index (κ3) is 4.52. The highest BCUT2D eigenvalue weighted by Gasteiger charge is 2.22. The molecule has 0 heterocycles. The van der Waals surface area contributed by atoms with E-state index in [1.807, 2.05) is 26.8 Å². The third-order valence-electron chi connectivity index (χ3n) is 2.11. The Labute approximate surface area is 75.7 Å². The zero-order valence-electron chi connectivity index (χ0n) is 8.59. The van der Waals surface area contributed by atoms with Gasteiger partial charge in [-0.25, -0.2) is 0 Å². The van der Waals surface area contributed by atoms with E-state index in [2.05, 4.69) is 18.8 Å². The smallest absolute Gasteiger partial charge is 0.0741 e. The molecule has 0 saturated heterocycles. The number of aliphatic hydroxyl groups is 1. The summed E-state index contributed by atoms with van der Waals surface area (Å²) < 4.78 is 0. The lowest BCUT2D eigenvalue weighted by Gasteiger charge is -2.29. The van der Waals surface area contributed by atoms with Crippen LogP contribution in [0.2, 0.25) is 0 Å². The van der Waals surface area contributed by atoms with Crippen LogP contribution in [0.25, 0.3) is 0 Å². The Balaban J connectivity index is 3.83. The van der Waals surface area contributed by atoms with E-state index in [9.17, 15) is 5.11 Å². The summed E-state index contributed by atoms with van der Waals surface area (Å²) in [5.74, 6) is 0. The topological polar surface area (TPSA) is 32.3 Å². The van der Waals surface area contributed by atoms with E-state index in [1.54, 1.807) is 0 Å². The Hall–Kier alpha value is -0.340. The number of nitrogens with one attached hydrogen (secondary N) is 1. The van der Waals surface area contributed by atoms with Crippen LogP contribution in [0.3, 0.4) is 0 Å². The molecule has 2 nitrogen and oxygen atoms in total. The third-order valence-corrected chi connectivity index (χ3v) is 2.11. The fourth-order valence-electron chi connectivity index (χ4n) is 0.949. The molecule has 0 aliphatic carbocycles. The Morgan fingerprint density at radius 1 is 1.50 bits per heavy atom. The predicted molar refractivity (Wildman–Crippen MR) is 53.2 cm³/mol. The van der Waals surface area contributed by atoms with Crippen LogP contribution in [0, 0.1) is 0 Å². The van der Waals surface area contributed by atoms with E-state index in [1.165, 1.54) is 0 Å². The Kier molecular flexibility index (Phi) is 4.50. The van der Waals surface area contributed by atoms with E-state index >= 15 is 0 Å². The van der Waals surface area contributed by atoms with Gasteiger partial charge in [0.05, 0.1) is 5.60 Å². The Morgan fingerprint density at radius 2 is 2.00 bits per heavy atom. The van der Waals surface area contributed by atoms with Crippen LogP contribution in [0.4, 0.5) is 0 Å². The van der Waals surface area contributed by atoms with E-state index in [4.69, 9.17) is 0 Å². The molecule has 0 aliphatic rings. The van der Waals surface area contributed by atoms with Crippen molar-refractivity contribution in [2.24, 2.45) is 0 Å². The molecule has 0 aliphatic heterocycles. The molecular weight excluding hydrogens is 150 g/mol. The summed E-state index contributed by atoms with van der Waals surface area (Å²) in [6.07, 6.45) is 2.81. The largest absolute Gasteiger partial charge is 0.389 e. The first-order valence-corrected chi connectivity index (χ1v) is 4.47. The zero-order chi connectivity index (χ0) is 9.78. The van der Waals surface area contributed by atoms with Gasteiger partial charge in [0.15, 0.2) is 0 Å². The number of hydrogen-bond donors (Lipinski definition) is 2. The van der Waals surface area contributed by atoms with Gasteiger partial charge in [0.2, 0.25) is 0 Å². The monoisotopic (exact) mass is 171 g/mol. The lowest BCUT2D eigenvalue weighted by molar-refractivity contribution is 0.0407. The average molecular weight is 171 g/mol. The fraction of sp³-hybridized carbons (Fsp3) is 0.800. The summed E-state index contributed by atoms with van der Waals surface area (Å²) in [6, 6.07) is 0.483. The molecule has 0 rings (SSSR count). The second-order valence-corrected chi connectivity index (χ2v) is 3.97. The second kappa shape index (κ2) is 4.63. The molecule has 2 atom stereocenters. The van der Waals surface area contributed by atoms with Crippen LogP contribution in [0.15, 0.2) is 12.7 Å². The summed E-state index contributed by atoms with van der Waals surface area (Å²) in [7, 11) is 0. The highest BCUT2D eigenvalue weighted by molar-refractivity contribution is 4.84. The van der Waals surface area contributed by atoms with Crippen molar-refractivity contribution in [1.29, 1.82) is 0 Å². The average Bonchev–Trinajstić information content (AvgIpc) is 1.85. The normalized spacial score (nSPS) is 17.1. The lowest BCUT2D eigenvalue weighted by atomic mass is 10.00. The summed E-state index contributed by atoms with van der Waals surface area (Å²) in [6.45, 7) is 11.4. The van der Waals surface area contributed by atoms with Gasteiger partial charge >= 0.3 is 0 Å². The van der Waals surface area contributed by atoms with Gasteiger partial charge in [0.25, 0.3) is 0 Å². The first-order chi connectivity index (χ1) is 5.38. The number of rotatable bonds is 5. The molecule has 72 valence electrons. The standard InChI is InChI=1S/C10H21NO/c1-6-7-8(2)11-9(3)10(4,5)12/h6,8-9,11-12H,1,7H2,2-5H3. The summed E-state index contributed by atoms with van der Waals surface area (Å²) in [5.41, 5.74) is -0.657. The Morgan fingerprint density at radius 3 is 2.33 bits per heavy atom. The minimum absolute atomic E-state index is 0.104. The van der Waals surface area contributed by atoms with Gasteiger partial charge < -0.3 is 10.4 Å². The van der Waals surface area contributed by atoms with Gasteiger partial charge in [-0.1, -0.05) is 6.08 Å². The van der Waals surface area contributed by atoms with Crippen LogP contribution in [-0.4, -0.2) is 22.8 Å². The van der Waals surface area contributed by atoms with Crippen molar-refractivity contribution in [2.45, 2.75) is 51.8 Å². The van der Waals surface area contributed by atoms with Crippen LogP contribution in [-0.2, 0) is 0 Å². The van der Waals surface area contributed by atoms with Crippen molar-refractivity contribution in [3.05, 3.63) is 12.7 Å². The molecule has 0 aromatic carbocycles. The molecule has 2 N–H and O–H groups in total. The van der Waals surface area contributed by atoms with Crippen molar-refractivity contribution < 1.29 is 5.11 Å². The van der Waals surface area contributed by atoms with Gasteiger partial charge in [-0.15, -0.1) is 6.58 Å². The van der Waals surface area contributed by atoms with E-state index < -0.39 is 5.60 Å². The molecule has 12 heavy (non-hydrogen) atoms. The zero-order valence-corrected chi connectivity index (χ0v) is 8.59. The van der Waals surface area contributed by atoms with E-state index in [0.717, 1.165) is 6.42 Å². The van der Waals surface area contributed by atoms with Crippen molar-refractivity contribution in [2.75, 3.05) is 0 Å². The molecule has 0 bridgehead atoms. The summed E-state index contributed by atoms with van der Waals surface area (Å²) in [4.78, 5) is 0. The number of hydrogen-bond acceptors (Lipinski definition) is 2. The predicted octanol–water partition coefficient (Wildman–Crippen LogP) is 1.70. The Bertz CT molecular complexity index is 137. The van der Waals surface area contributed by atoms with Crippen molar-refractivity contribution in [3.63, 3.8) is 0 Å². The van der Waals surface area contributed by atoms with Gasteiger partial charge in [0.1, 0.15) is 0 Å². The maximum absolute atomic E-state index is 9.61. The molecule has 0 radical (unpaired) electrons. The van der Waals surface area contributed by atoms with Crippen LogP contribution >= 0.6 is 0 Å². The van der Waals surface area contributed by atoms with Crippen LogP contribution in [0.5, 0.6) is 0 Å². The lowest BCUT2D eigenvalue weighted by Crippen LogP contribution is -2.47. The molecule has 0 spiro atoms. The van der Waals surface area contributed by atoms with Gasteiger partial charge in [-0.2, -0.15) is 0 Å². The van der Waals surface area contributed by atoms with E-state index in [-0.39, 0.29) is 6.04 Å². The van der Waals surface area contributed by atoms with E-state index in [0.29, 0.717) is 6.04 Å². The molecule has 0 aromatic heterocycles. The SMILES string of the molecule is C=CCC(C)NC(C)C(C)(C)O. The summed E-state index contributed by atoms with van der Waals surface area (Å²) >= 11 is 0. The highest BCUT2D eigenvalue weighted by atomic mass is 16.3. The molecule has 0 saturated carbocycles. The van der Waals surface area contributed by atoms with Crippen molar-refractivity contribution in [1.82, 2.24) is 5.32 Å². The fourth-order valence-corrected chi connectivity index (χ4v) is 0.949. The minimum atomic E-state index is -0.657. The maximum Gasteiger partial charge on any atom is 0.0741 e. The van der Waals surface area contributed by atoms with Crippen LogP contribution < -0.4 is 5.32 Å². The maximum atomic E-state index is 9.61. The first kappa shape index (κ1) is 11.7. The molecule has 0 aromatic rings. The van der Waals surface area contributed by atoms with Crippen molar-refractivity contribution in [3.8, 4) is 0 Å². The molecule has 2 unspecified atom stereocenters. The van der Waals surface area contributed by atoms with Gasteiger partial charge in [-0.05, 0) is 34.1 Å².